The van der Waals surface area contributed by atoms with Crippen molar-refractivity contribution in [1.29, 1.82) is 0 Å². The highest BCUT2D eigenvalue weighted by Gasteiger charge is 2.20. The van der Waals surface area contributed by atoms with Gasteiger partial charge in [-0.15, -0.1) is 0 Å². The summed E-state index contributed by atoms with van der Waals surface area (Å²) in [5, 5.41) is 7.00. The van der Waals surface area contributed by atoms with E-state index in [1.54, 1.807) is 11.5 Å². The number of aromatic amines is 1. The quantitative estimate of drug-likeness (QED) is 0.363. The predicted molar refractivity (Wildman–Crippen MR) is 93.7 cm³/mol. The number of imidazole rings is 1. The van der Waals surface area contributed by atoms with Crippen molar-refractivity contribution in [2.45, 2.75) is 25.7 Å². The molecule has 0 bridgehead atoms. The molecule has 0 amide bonds. The van der Waals surface area contributed by atoms with Gasteiger partial charge < -0.3 is 30.1 Å². The molecule has 0 saturated carbocycles. The van der Waals surface area contributed by atoms with E-state index < -0.39 is 19.4 Å². The molecule has 2 aromatic heterocycles. The second-order valence-corrected chi connectivity index (χ2v) is 7.05. The highest BCUT2D eigenvalue weighted by Crippen LogP contribution is 2.33. The summed E-state index contributed by atoms with van der Waals surface area (Å²) >= 11 is 0. The Labute approximate surface area is 149 Å². The van der Waals surface area contributed by atoms with Crippen LogP contribution < -0.4 is 11.3 Å². The molecule has 2 rings (SSSR count). The van der Waals surface area contributed by atoms with Gasteiger partial charge in [0.25, 0.3) is 5.56 Å². The number of hydrogen-bond donors (Lipinski definition) is 5. The van der Waals surface area contributed by atoms with E-state index in [9.17, 15) is 9.36 Å². The van der Waals surface area contributed by atoms with Crippen molar-refractivity contribution < 1.29 is 28.9 Å². The van der Waals surface area contributed by atoms with Gasteiger partial charge in [0.2, 0.25) is 5.95 Å². The lowest BCUT2D eigenvalue weighted by atomic mass is 10.2. The van der Waals surface area contributed by atoms with E-state index in [4.69, 9.17) is 30.1 Å². The summed E-state index contributed by atoms with van der Waals surface area (Å²) in [5.41, 5.74) is 5.53. The Morgan fingerprint density at radius 1 is 1.42 bits per heavy atom. The van der Waals surface area contributed by atoms with Crippen LogP contribution in [0.1, 0.15) is 19.6 Å². The predicted octanol–water partition coefficient (Wildman–Crippen LogP) is -0.572. The first-order valence-electron chi connectivity index (χ1n) is 7.57. The van der Waals surface area contributed by atoms with Gasteiger partial charge in [-0.3, -0.25) is 18.9 Å². The van der Waals surface area contributed by atoms with Gasteiger partial charge in [0, 0.05) is 20.6 Å². The van der Waals surface area contributed by atoms with E-state index >= 15 is 0 Å². The number of aliphatic hydroxyl groups excluding tert-OH is 1. The van der Waals surface area contributed by atoms with Crippen LogP contribution in [0.25, 0.3) is 11.2 Å². The molecule has 0 saturated heterocycles. The molecule has 2 atom stereocenters. The zero-order valence-electron chi connectivity index (χ0n) is 14.7. The Kier molecular flexibility index (Phi) is 8.34. The minimum Gasteiger partial charge on any atom is -0.400 e. The number of methoxy groups -OCH3 is 1. The molecule has 13 heteroatoms. The van der Waals surface area contributed by atoms with Gasteiger partial charge in [-0.1, -0.05) is 0 Å². The number of H-pyrrole nitrogens is 1. The molecule has 12 nitrogen and oxygen atoms in total. The van der Waals surface area contributed by atoms with Gasteiger partial charge in [-0.25, -0.2) is 4.98 Å². The van der Waals surface area contributed by atoms with Gasteiger partial charge in [0.05, 0.1) is 25.2 Å². The van der Waals surface area contributed by atoms with Crippen LogP contribution in [0.15, 0.2) is 11.1 Å². The second kappa shape index (κ2) is 9.76. The normalized spacial score (nSPS) is 13.9. The van der Waals surface area contributed by atoms with Gasteiger partial charge in [-0.2, -0.15) is 4.98 Å². The third-order valence-electron chi connectivity index (χ3n) is 3.35. The Balaban J connectivity index is 0.00000163. The molecule has 0 aliphatic rings. The summed E-state index contributed by atoms with van der Waals surface area (Å²) in [5.74, 6) is -0.0324. The maximum atomic E-state index is 11.8. The van der Waals surface area contributed by atoms with Crippen molar-refractivity contribution in [3.8, 4) is 0 Å². The van der Waals surface area contributed by atoms with E-state index in [0.29, 0.717) is 6.42 Å². The number of nitrogen functional groups attached to an aromatic ring is 1. The molecule has 0 unspecified atom stereocenters. The van der Waals surface area contributed by atoms with Gasteiger partial charge in [0.1, 0.15) is 6.23 Å². The molecule has 0 radical (unpaired) electrons. The van der Waals surface area contributed by atoms with E-state index in [2.05, 4.69) is 15.0 Å². The first kappa shape index (κ1) is 22.2. The van der Waals surface area contributed by atoms with Crippen LogP contribution in [-0.4, -0.2) is 67.5 Å². The maximum absolute atomic E-state index is 11.8. The van der Waals surface area contributed by atoms with Crippen molar-refractivity contribution in [3.05, 3.63) is 16.7 Å². The molecule has 0 fully saturated rings. The van der Waals surface area contributed by atoms with Crippen LogP contribution in [0.2, 0.25) is 0 Å². The molecular weight excluding hydrogens is 369 g/mol. The molecule has 0 aliphatic heterocycles. The molecule has 0 spiro atoms. The second-order valence-electron chi connectivity index (χ2n) is 5.27. The summed E-state index contributed by atoms with van der Waals surface area (Å²) in [6.45, 7) is 1.68. The zero-order valence-corrected chi connectivity index (χ0v) is 15.6. The summed E-state index contributed by atoms with van der Waals surface area (Å²) in [6, 6.07) is 0. The standard InChI is InChI=1S/C12H20N5O6P.CH4O/c1-7(23-3-4-24(19,20)21)5-8(22-2)17-6-14-9-10(17)15-12(13)16-11(9)18;1-2/h6-8H,3-5H2,1-2H3,(H2,19,20,21)(H3,13,15,16,18);2H,1H3/t7-,8-;/m1./s1. The number of hydrogen-bond acceptors (Lipinski definition) is 8. The SMILES string of the molecule is CO.CO[C@H](C[C@@H](C)OCCP(=O)(O)O)n1cnc2c(=O)[nH]c(N)nc21. The van der Waals surface area contributed by atoms with E-state index in [1.165, 1.54) is 13.4 Å². The van der Waals surface area contributed by atoms with E-state index in [1.807, 2.05) is 0 Å². The summed E-state index contributed by atoms with van der Waals surface area (Å²) in [4.78, 5) is 39.9. The lowest BCUT2D eigenvalue weighted by Gasteiger charge is -2.21. The van der Waals surface area contributed by atoms with Crippen LogP contribution in [0.5, 0.6) is 0 Å². The highest BCUT2D eigenvalue weighted by molar-refractivity contribution is 7.51. The Morgan fingerprint density at radius 3 is 2.65 bits per heavy atom. The number of nitrogens with one attached hydrogen (secondary N) is 1. The smallest absolute Gasteiger partial charge is 0.327 e. The number of rotatable bonds is 8. The van der Waals surface area contributed by atoms with Crippen LogP contribution >= 0.6 is 7.60 Å². The minimum absolute atomic E-state index is 0.0324. The first-order chi connectivity index (χ1) is 12.2. The summed E-state index contributed by atoms with van der Waals surface area (Å²) in [7, 11) is -1.61. The molecule has 26 heavy (non-hydrogen) atoms. The number of fused-ring (bicyclic) bond motifs is 1. The van der Waals surface area contributed by atoms with E-state index in [0.717, 1.165) is 7.11 Å². The fourth-order valence-corrected chi connectivity index (χ4v) is 2.55. The highest BCUT2D eigenvalue weighted by atomic mass is 31.2. The maximum Gasteiger partial charge on any atom is 0.327 e. The first-order valence-corrected chi connectivity index (χ1v) is 9.37. The number of aliphatic hydroxyl groups is 1. The molecule has 6 N–H and O–H groups in total. The van der Waals surface area contributed by atoms with Gasteiger partial charge >= 0.3 is 7.60 Å². The van der Waals surface area contributed by atoms with Crippen LogP contribution in [0, 0.1) is 0 Å². The van der Waals surface area contributed by atoms with Crippen molar-refractivity contribution in [1.82, 2.24) is 19.5 Å². The summed E-state index contributed by atoms with van der Waals surface area (Å²) in [6.07, 6.45) is 0.545. The lowest BCUT2D eigenvalue weighted by molar-refractivity contribution is -0.0186. The molecular formula is C13H24N5O7P. The zero-order chi connectivity index (χ0) is 19.9. The number of nitrogens with zero attached hydrogens (tertiary/aromatic N) is 3. The van der Waals surface area contributed by atoms with Gasteiger partial charge in [0.15, 0.2) is 11.2 Å². The Hall–Kier alpha value is -1.82. The summed E-state index contributed by atoms with van der Waals surface area (Å²) < 4.78 is 23.2. The largest absolute Gasteiger partial charge is 0.400 e. The average molecular weight is 393 g/mol. The number of nitrogens with two attached hydrogens (primary N) is 1. The van der Waals surface area contributed by atoms with Crippen molar-refractivity contribution >= 4 is 24.7 Å². The average Bonchev–Trinajstić information content (AvgIpc) is 2.97. The lowest BCUT2D eigenvalue weighted by Crippen LogP contribution is -2.21. The van der Waals surface area contributed by atoms with Crippen molar-refractivity contribution in [2.24, 2.45) is 0 Å². The Bertz CT molecular complexity index is 802. The molecule has 0 aliphatic carbocycles. The number of anilines is 1. The molecule has 2 aromatic rings. The molecule has 0 aromatic carbocycles. The number of ether oxygens (including phenoxy) is 2. The fraction of sp³-hybridized carbons (Fsp3) is 0.615. The third kappa shape index (κ3) is 6.16. The third-order valence-corrected chi connectivity index (χ3v) is 4.12. The van der Waals surface area contributed by atoms with E-state index in [-0.39, 0.29) is 36.0 Å². The topological polar surface area (TPSA) is 186 Å². The number of aromatic nitrogens is 4. The Morgan fingerprint density at radius 2 is 2.08 bits per heavy atom. The monoisotopic (exact) mass is 393 g/mol. The van der Waals surface area contributed by atoms with Gasteiger partial charge in [-0.05, 0) is 6.92 Å². The van der Waals surface area contributed by atoms with Crippen LogP contribution in [-0.2, 0) is 14.0 Å². The molecule has 2 heterocycles. The van der Waals surface area contributed by atoms with Crippen molar-refractivity contribution in [2.75, 3.05) is 32.7 Å². The molecule has 148 valence electrons. The van der Waals surface area contributed by atoms with Crippen LogP contribution in [0.3, 0.4) is 0 Å². The van der Waals surface area contributed by atoms with Crippen molar-refractivity contribution in [3.63, 3.8) is 0 Å². The fourth-order valence-electron chi connectivity index (χ4n) is 2.20. The minimum atomic E-state index is -4.09. The van der Waals surface area contributed by atoms with Crippen LogP contribution in [0.4, 0.5) is 5.95 Å².